The van der Waals surface area contributed by atoms with Crippen molar-refractivity contribution in [1.82, 2.24) is 0 Å². The van der Waals surface area contributed by atoms with E-state index < -0.39 is 0 Å². The summed E-state index contributed by atoms with van der Waals surface area (Å²) in [6.45, 7) is 3.65. The van der Waals surface area contributed by atoms with Crippen LogP contribution in [0.2, 0.25) is 10.0 Å². The second-order valence-corrected chi connectivity index (χ2v) is 6.44. The third-order valence-electron chi connectivity index (χ3n) is 3.80. The Labute approximate surface area is 153 Å². The average molecular weight is 363 g/mol. The van der Waals surface area contributed by atoms with Crippen molar-refractivity contribution in [3.63, 3.8) is 0 Å². The standard InChI is InChI=1S/C14H15ClO2.C6H5Cl/c1-2-3-11-6-9-13(17-14(11)16)10-4-7-12(15)8-5-10;7-6-4-2-1-3-5-6/h2,4-5,7-8,11,13H,1,3,6,9H2;1-5H/t11?,13-;/m1./s1. The Morgan fingerprint density at radius 3 is 2.12 bits per heavy atom. The molecule has 1 aliphatic heterocycles. The van der Waals surface area contributed by atoms with Gasteiger partial charge in [-0.05, 0) is 49.1 Å². The molecule has 4 heteroatoms. The van der Waals surface area contributed by atoms with Gasteiger partial charge in [-0.25, -0.2) is 0 Å². The van der Waals surface area contributed by atoms with Gasteiger partial charge in [-0.2, -0.15) is 0 Å². The zero-order chi connectivity index (χ0) is 17.4. The number of carbonyl (C=O) groups is 1. The van der Waals surface area contributed by atoms with E-state index in [1.165, 1.54) is 0 Å². The van der Waals surface area contributed by atoms with Crippen LogP contribution in [0.3, 0.4) is 0 Å². The van der Waals surface area contributed by atoms with Crippen molar-refractivity contribution in [2.45, 2.75) is 25.4 Å². The van der Waals surface area contributed by atoms with Crippen LogP contribution < -0.4 is 0 Å². The fraction of sp³-hybridized carbons (Fsp3) is 0.250. The predicted octanol–water partition coefficient (Wildman–Crippen LogP) is 6.25. The number of cyclic esters (lactones) is 1. The molecule has 1 fully saturated rings. The summed E-state index contributed by atoms with van der Waals surface area (Å²) in [6.07, 6.45) is 4.07. The average Bonchev–Trinajstić information content (AvgIpc) is 2.59. The Bertz CT molecular complexity index is 653. The third-order valence-corrected chi connectivity index (χ3v) is 4.30. The summed E-state index contributed by atoms with van der Waals surface area (Å²) in [7, 11) is 0. The highest BCUT2D eigenvalue weighted by molar-refractivity contribution is 6.30. The van der Waals surface area contributed by atoms with Gasteiger partial charge in [0.25, 0.3) is 0 Å². The predicted molar refractivity (Wildman–Crippen MR) is 99.3 cm³/mol. The highest BCUT2D eigenvalue weighted by atomic mass is 35.5. The highest BCUT2D eigenvalue weighted by Crippen LogP contribution is 2.33. The molecule has 0 aliphatic carbocycles. The first kappa shape index (κ1) is 18.6. The molecule has 126 valence electrons. The molecule has 0 bridgehead atoms. The van der Waals surface area contributed by atoms with Gasteiger partial charge in [0.15, 0.2) is 0 Å². The Kier molecular flexibility index (Phi) is 7.36. The van der Waals surface area contributed by atoms with Gasteiger partial charge in [0, 0.05) is 10.0 Å². The van der Waals surface area contributed by atoms with Gasteiger partial charge in [-0.15, -0.1) is 6.58 Å². The molecular weight excluding hydrogens is 343 g/mol. The van der Waals surface area contributed by atoms with E-state index in [1.54, 1.807) is 6.08 Å². The van der Waals surface area contributed by atoms with Crippen LogP contribution in [0.1, 0.15) is 30.9 Å². The van der Waals surface area contributed by atoms with E-state index in [-0.39, 0.29) is 18.0 Å². The van der Waals surface area contributed by atoms with Crippen LogP contribution >= 0.6 is 23.2 Å². The minimum atomic E-state index is -0.124. The summed E-state index contributed by atoms with van der Waals surface area (Å²) >= 11 is 11.4. The van der Waals surface area contributed by atoms with E-state index in [2.05, 4.69) is 6.58 Å². The lowest BCUT2D eigenvalue weighted by Crippen LogP contribution is -2.26. The minimum Gasteiger partial charge on any atom is -0.457 e. The minimum absolute atomic E-state index is 0.0175. The number of hydrogen-bond donors (Lipinski definition) is 0. The molecule has 0 radical (unpaired) electrons. The smallest absolute Gasteiger partial charge is 0.309 e. The Hall–Kier alpha value is -1.77. The first-order valence-electron chi connectivity index (χ1n) is 7.87. The van der Waals surface area contributed by atoms with E-state index in [1.807, 2.05) is 54.6 Å². The zero-order valence-corrected chi connectivity index (χ0v) is 14.8. The van der Waals surface area contributed by atoms with Gasteiger partial charge >= 0.3 is 5.97 Å². The zero-order valence-electron chi connectivity index (χ0n) is 13.3. The molecule has 0 aromatic heterocycles. The van der Waals surface area contributed by atoms with Crippen molar-refractivity contribution in [3.8, 4) is 0 Å². The second kappa shape index (κ2) is 9.51. The summed E-state index contributed by atoms with van der Waals surface area (Å²) < 4.78 is 5.45. The lowest BCUT2D eigenvalue weighted by Gasteiger charge is -2.27. The van der Waals surface area contributed by atoms with E-state index in [0.717, 1.165) is 23.4 Å². The molecular formula is C20H20Cl2O2. The van der Waals surface area contributed by atoms with Gasteiger partial charge in [0.1, 0.15) is 6.10 Å². The number of benzene rings is 2. The van der Waals surface area contributed by atoms with Crippen molar-refractivity contribution >= 4 is 29.2 Å². The number of halogens is 2. The number of esters is 1. The lowest BCUT2D eigenvalue weighted by molar-refractivity contribution is -0.160. The van der Waals surface area contributed by atoms with E-state index in [0.29, 0.717) is 11.4 Å². The quantitative estimate of drug-likeness (QED) is 0.476. The summed E-state index contributed by atoms with van der Waals surface area (Å²) in [5.74, 6) is -0.132. The van der Waals surface area contributed by atoms with Crippen LogP contribution in [0.4, 0.5) is 0 Å². The molecule has 2 nitrogen and oxygen atoms in total. The molecule has 24 heavy (non-hydrogen) atoms. The highest BCUT2D eigenvalue weighted by Gasteiger charge is 2.29. The molecule has 0 saturated carbocycles. The van der Waals surface area contributed by atoms with Crippen molar-refractivity contribution in [3.05, 3.63) is 82.9 Å². The Morgan fingerprint density at radius 2 is 1.62 bits per heavy atom. The number of allylic oxidation sites excluding steroid dienone is 1. The summed E-state index contributed by atoms with van der Waals surface area (Å²) in [5, 5.41) is 1.49. The van der Waals surface area contributed by atoms with Crippen molar-refractivity contribution in [2.24, 2.45) is 5.92 Å². The molecule has 2 aromatic rings. The SMILES string of the molecule is C=CCC1CC[C@H](c2ccc(Cl)cc2)OC1=O.Clc1ccccc1. The molecule has 3 rings (SSSR count). The monoisotopic (exact) mass is 362 g/mol. The third kappa shape index (κ3) is 5.70. The molecule has 2 aromatic carbocycles. The molecule has 0 amide bonds. The molecule has 0 spiro atoms. The van der Waals surface area contributed by atoms with Gasteiger partial charge in [-0.3, -0.25) is 4.79 Å². The maximum absolute atomic E-state index is 11.7. The fourth-order valence-electron chi connectivity index (χ4n) is 2.51. The number of hydrogen-bond acceptors (Lipinski definition) is 2. The van der Waals surface area contributed by atoms with Crippen molar-refractivity contribution in [2.75, 3.05) is 0 Å². The van der Waals surface area contributed by atoms with Gasteiger partial charge < -0.3 is 4.74 Å². The second-order valence-electron chi connectivity index (χ2n) is 5.57. The first-order valence-corrected chi connectivity index (χ1v) is 8.63. The van der Waals surface area contributed by atoms with Crippen LogP contribution in [0.15, 0.2) is 67.3 Å². The summed E-state index contributed by atoms with van der Waals surface area (Å²) in [6, 6.07) is 16.9. The number of carbonyl (C=O) groups excluding carboxylic acids is 1. The molecule has 1 aliphatic rings. The van der Waals surface area contributed by atoms with Crippen LogP contribution in [-0.4, -0.2) is 5.97 Å². The Balaban J connectivity index is 0.000000249. The van der Waals surface area contributed by atoms with Crippen molar-refractivity contribution in [1.29, 1.82) is 0 Å². The van der Waals surface area contributed by atoms with Gasteiger partial charge in [0.2, 0.25) is 0 Å². The van der Waals surface area contributed by atoms with Gasteiger partial charge in [-0.1, -0.05) is 59.6 Å². The maximum Gasteiger partial charge on any atom is 0.309 e. The fourth-order valence-corrected chi connectivity index (χ4v) is 2.78. The van der Waals surface area contributed by atoms with Crippen LogP contribution in [0.5, 0.6) is 0 Å². The summed E-state index contributed by atoms with van der Waals surface area (Å²) in [5.41, 5.74) is 1.01. The maximum atomic E-state index is 11.7. The topological polar surface area (TPSA) is 26.3 Å². The molecule has 1 heterocycles. The first-order chi connectivity index (χ1) is 11.6. The van der Waals surface area contributed by atoms with E-state index >= 15 is 0 Å². The molecule has 1 unspecified atom stereocenters. The summed E-state index contributed by atoms with van der Waals surface area (Å²) in [4.78, 5) is 11.7. The number of ether oxygens (including phenoxy) is 1. The van der Waals surface area contributed by atoms with E-state index in [4.69, 9.17) is 27.9 Å². The lowest BCUT2D eigenvalue weighted by atomic mass is 9.92. The van der Waals surface area contributed by atoms with Crippen molar-refractivity contribution < 1.29 is 9.53 Å². The largest absolute Gasteiger partial charge is 0.457 e. The van der Waals surface area contributed by atoms with E-state index in [9.17, 15) is 4.79 Å². The normalized spacial score (nSPS) is 19.7. The van der Waals surface area contributed by atoms with Crippen LogP contribution in [0.25, 0.3) is 0 Å². The van der Waals surface area contributed by atoms with Crippen LogP contribution in [-0.2, 0) is 9.53 Å². The molecule has 1 saturated heterocycles. The number of rotatable bonds is 3. The van der Waals surface area contributed by atoms with Gasteiger partial charge in [0.05, 0.1) is 5.92 Å². The molecule has 0 N–H and O–H groups in total. The molecule has 2 atom stereocenters. The van der Waals surface area contributed by atoms with Crippen LogP contribution in [0, 0.1) is 5.92 Å². The Morgan fingerprint density at radius 1 is 1.00 bits per heavy atom.